The molecule has 0 bridgehead atoms. The zero-order chi connectivity index (χ0) is 14.4. The van der Waals surface area contributed by atoms with Crippen LogP contribution in [-0.2, 0) is 9.47 Å². The van der Waals surface area contributed by atoms with Crippen LogP contribution < -0.4 is 10.1 Å². The van der Waals surface area contributed by atoms with E-state index in [0.29, 0.717) is 0 Å². The number of ether oxygens (including phenoxy) is 3. The van der Waals surface area contributed by atoms with Crippen LogP contribution in [-0.4, -0.2) is 37.5 Å². The van der Waals surface area contributed by atoms with Crippen molar-refractivity contribution in [1.82, 2.24) is 0 Å². The summed E-state index contributed by atoms with van der Waals surface area (Å²) in [5.74, 6) is -1.53. The summed E-state index contributed by atoms with van der Waals surface area (Å²) < 4.78 is 13.3. The van der Waals surface area contributed by atoms with Gasteiger partial charge in [-0.3, -0.25) is 5.32 Å². The second-order valence-electron chi connectivity index (χ2n) is 3.19. The predicted molar refractivity (Wildman–Crippen MR) is 62.5 cm³/mol. The predicted octanol–water partition coefficient (Wildman–Crippen LogP) is 1.71. The molecule has 8 nitrogen and oxygen atoms in total. The van der Waals surface area contributed by atoms with Crippen molar-refractivity contribution in [3.63, 3.8) is 0 Å². The SMILES string of the molecule is COC(=O)Nc1ccc(OC(=O)OC)c(C(=O)O)c1. The van der Waals surface area contributed by atoms with Crippen LogP contribution in [0, 0.1) is 0 Å². The first-order chi connectivity index (χ1) is 8.97. The first-order valence-electron chi connectivity index (χ1n) is 4.96. The van der Waals surface area contributed by atoms with Gasteiger partial charge in [0, 0.05) is 5.69 Å². The van der Waals surface area contributed by atoms with Crippen LogP contribution in [0.3, 0.4) is 0 Å². The molecule has 0 atom stereocenters. The quantitative estimate of drug-likeness (QED) is 0.634. The summed E-state index contributed by atoms with van der Waals surface area (Å²) in [6.45, 7) is 0. The second kappa shape index (κ2) is 6.24. The highest BCUT2D eigenvalue weighted by Crippen LogP contribution is 2.23. The van der Waals surface area contributed by atoms with Crippen molar-refractivity contribution in [1.29, 1.82) is 0 Å². The highest BCUT2D eigenvalue weighted by atomic mass is 16.7. The number of rotatable bonds is 3. The van der Waals surface area contributed by atoms with Crippen LogP contribution in [0.4, 0.5) is 15.3 Å². The number of hydrogen-bond acceptors (Lipinski definition) is 6. The molecular formula is C11H11NO7. The molecule has 0 saturated heterocycles. The minimum absolute atomic E-state index is 0.182. The number of hydrogen-bond donors (Lipinski definition) is 2. The van der Waals surface area contributed by atoms with E-state index in [1.807, 2.05) is 0 Å². The Kier molecular flexibility index (Phi) is 4.69. The Labute approximate surface area is 107 Å². The summed E-state index contributed by atoms with van der Waals surface area (Å²) >= 11 is 0. The van der Waals surface area contributed by atoms with Crippen LogP contribution in [0.1, 0.15) is 10.4 Å². The van der Waals surface area contributed by atoms with Gasteiger partial charge in [-0.15, -0.1) is 0 Å². The van der Waals surface area contributed by atoms with E-state index in [0.717, 1.165) is 13.2 Å². The molecule has 0 fully saturated rings. The van der Waals surface area contributed by atoms with E-state index in [2.05, 4.69) is 19.5 Å². The zero-order valence-corrected chi connectivity index (χ0v) is 10.1. The summed E-state index contributed by atoms with van der Waals surface area (Å²) in [5.41, 5.74) is -0.124. The molecule has 1 aromatic carbocycles. The summed E-state index contributed by atoms with van der Waals surface area (Å²) in [6.07, 6.45) is -1.80. The van der Waals surface area contributed by atoms with Crippen molar-refractivity contribution in [2.45, 2.75) is 0 Å². The molecular weight excluding hydrogens is 258 g/mol. The molecule has 1 rings (SSSR count). The molecule has 0 aliphatic rings. The minimum atomic E-state index is -1.33. The first-order valence-corrected chi connectivity index (χ1v) is 4.96. The van der Waals surface area contributed by atoms with Gasteiger partial charge in [0.25, 0.3) is 0 Å². The molecule has 0 radical (unpaired) electrons. The number of carbonyl (C=O) groups excluding carboxylic acids is 2. The third kappa shape index (κ3) is 3.87. The number of amides is 1. The molecule has 1 aromatic rings. The lowest BCUT2D eigenvalue weighted by Gasteiger charge is -2.09. The van der Waals surface area contributed by atoms with Gasteiger partial charge in [0.2, 0.25) is 0 Å². The van der Waals surface area contributed by atoms with Crippen molar-refractivity contribution >= 4 is 23.9 Å². The average molecular weight is 269 g/mol. The summed E-state index contributed by atoms with van der Waals surface area (Å²) in [7, 11) is 2.26. The lowest BCUT2D eigenvalue weighted by atomic mass is 10.2. The molecule has 2 N–H and O–H groups in total. The molecule has 1 amide bonds. The molecule has 8 heteroatoms. The fraction of sp³-hybridized carbons (Fsp3) is 0.182. The number of carbonyl (C=O) groups is 3. The Morgan fingerprint density at radius 3 is 2.37 bits per heavy atom. The van der Waals surface area contributed by atoms with Crippen molar-refractivity contribution in [3.05, 3.63) is 23.8 Å². The first kappa shape index (κ1) is 14.3. The Morgan fingerprint density at radius 1 is 1.16 bits per heavy atom. The molecule has 0 aliphatic carbocycles. The van der Waals surface area contributed by atoms with E-state index in [9.17, 15) is 14.4 Å². The van der Waals surface area contributed by atoms with Crippen LogP contribution in [0.2, 0.25) is 0 Å². The Bertz CT molecular complexity index is 512. The van der Waals surface area contributed by atoms with Crippen molar-refractivity contribution in [2.24, 2.45) is 0 Å². The van der Waals surface area contributed by atoms with Gasteiger partial charge in [-0.2, -0.15) is 0 Å². The molecule has 102 valence electrons. The van der Waals surface area contributed by atoms with Crippen LogP contribution in [0.25, 0.3) is 0 Å². The smallest absolute Gasteiger partial charge is 0.478 e. The number of anilines is 1. The Balaban J connectivity index is 3.04. The molecule has 19 heavy (non-hydrogen) atoms. The van der Waals surface area contributed by atoms with Crippen molar-refractivity contribution in [2.75, 3.05) is 19.5 Å². The van der Waals surface area contributed by atoms with Crippen LogP contribution >= 0.6 is 0 Å². The number of aromatic carboxylic acids is 1. The third-order valence-corrected chi connectivity index (χ3v) is 2.00. The number of methoxy groups -OCH3 is 2. The van der Waals surface area contributed by atoms with Gasteiger partial charge in [-0.05, 0) is 18.2 Å². The van der Waals surface area contributed by atoms with Gasteiger partial charge in [-0.1, -0.05) is 0 Å². The van der Waals surface area contributed by atoms with Gasteiger partial charge in [0.1, 0.15) is 11.3 Å². The maximum atomic E-state index is 11.0. The normalized spacial score (nSPS) is 9.37. The second-order valence-corrected chi connectivity index (χ2v) is 3.19. The van der Waals surface area contributed by atoms with Crippen molar-refractivity contribution < 1.29 is 33.7 Å². The number of carboxylic acids is 1. The van der Waals surface area contributed by atoms with E-state index < -0.39 is 18.2 Å². The minimum Gasteiger partial charge on any atom is -0.478 e. The highest BCUT2D eigenvalue weighted by molar-refractivity contribution is 5.94. The van der Waals surface area contributed by atoms with Crippen LogP contribution in [0.5, 0.6) is 5.75 Å². The maximum Gasteiger partial charge on any atom is 0.513 e. The van der Waals surface area contributed by atoms with Gasteiger partial charge in [-0.25, -0.2) is 14.4 Å². The molecule has 0 unspecified atom stereocenters. The number of nitrogens with one attached hydrogen (secondary N) is 1. The maximum absolute atomic E-state index is 11.0. The lowest BCUT2D eigenvalue weighted by molar-refractivity contribution is 0.0691. The number of carboxylic acid groups (broad SMARTS) is 1. The van der Waals surface area contributed by atoms with E-state index in [-0.39, 0.29) is 17.0 Å². The highest BCUT2D eigenvalue weighted by Gasteiger charge is 2.16. The third-order valence-electron chi connectivity index (χ3n) is 2.00. The summed E-state index contributed by atoms with van der Waals surface area (Å²) in [4.78, 5) is 32.9. The van der Waals surface area contributed by atoms with E-state index in [1.54, 1.807) is 0 Å². The molecule has 0 aliphatic heterocycles. The standard InChI is InChI=1S/C11H11NO7/c1-17-10(15)12-6-3-4-8(19-11(16)18-2)7(5-6)9(13)14/h3-5H,1-2H3,(H,12,15)(H,13,14). The Morgan fingerprint density at radius 2 is 1.84 bits per heavy atom. The molecule has 0 saturated carbocycles. The van der Waals surface area contributed by atoms with E-state index >= 15 is 0 Å². The zero-order valence-electron chi connectivity index (χ0n) is 10.1. The fourth-order valence-corrected chi connectivity index (χ4v) is 1.16. The van der Waals surface area contributed by atoms with Gasteiger partial charge < -0.3 is 19.3 Å². The Hall–Kier alpha value is -2.77. The average Bonchev–Trinajstić information content (AvgIpc) is 2.39. The molecule has 0 heterocycles. The monoisotopic (exact) mass is 269 g/mol. The fourth-order valence-electron chi connectivity index (χ4n) is 1.16. The topological polar surface area (TPSA) is 111 Å². The van der Waals surface area contributed by atoms with Gasteiger partial charge in [0.05, 0.1) is 14.2 Å². The van der Waals surface area contributed by atoms with Crippen molar-refractivity contribution in [3.8, 4) is 5.75 Å². The summed E-state index contributed by atoms with van der Waals surface area (Å²) in [6, 6.07) is 3.69. The largest absolute Gasteiger partial charge is 0.513 e. The van der Waals surface area contributed by atoms with Gasteiger partial charge >= 0.3 is 18.2 Å². The van der Waals surface area contributed by atoms with E-state index in [4.69, 9.17) is 5.11 Å². The molecule has 0 spiro atoms. The summed E-state index contributed by atoms with van der Waals surface area (Å²) in [5, 5.41) is 11.3. The van der Waals surface area contributed by atoms with E-state index in [1.165, 1.54) is 19.2 Å². The van der Waals surface area contributed by atoms with Gasteiger partial charge in [0.15, 0.2) is 0 Å². The van der Waals surface area contributed by atoms with Crippen LogP contribution in [0.15, 0.2) is 18.2 Å². The number of benzene rings is 1. The molecule has 0 aromatic heterocycles. The lowest BCUT2D eigenvalue weighted by Crippen LogP contribution is -2.13.